The van der Waals surface area contributed by atoms with Crippen molar-refractivity contribution in [2.45, 2.75) is 33.4 Å². The number of methoxy groups -OCH3 is 2. The van der Waals surface area contributed by atoms with Crippen LogP contribution in [0.5, 0.6) is 11.5 Å². The molecule has 3 rings (SSSR count). The van der Waals surface area contributed by atoms with E-state index in [0.29, 0.717) is 56.5 Å². The van der Waals surface area contributed by atoms with Crippen molar-refractivity contribution in [1.82, 2.24) is 9.80 Å². The van der Waals surface area contributed by atoms with E-state index >= 15 is 0 Å². The van der Waals surface area contributed by atoms with Crippen molar-refractivity contribution in [1.29, 1.82) is 0 Å². The fourth-order valence-corrected chi connectivity index (χ4v) is 4.81. The molecule has 0 bridgehead atoms. The Kier molecular flexibility index (Phi) is 11.4. The molecule has 1 heterocycles. The second-order valence-corrected chi connectivity index (χ2v) is 10.1. The quantitative estimate of drug-likeness (QED) is 0.271. The SMILES string of the molecule is CCOCCCN(CC(=O)N(Cc1ccccc1)Cc1ccc(C)s1)C(=O)Nc1ccc(OC)cc1OC. The molecule has 0 unspecified atom stereocenters. The van der Waals surface area contributed by atoms with Gasteiger partial charge in [-0.25, -0.2) is 4.79 Å². The van der Waals surface area contributed by atoms with E-state index in [2.05, 4.69) is 18.3 Å². The zero-order chi connectivity index (χ0) is 27.3. The number of hydrogen-bond donors (Lipinski definition) is 1. The van der Waals surface area contributed by atoms with Crippen molar-refractivity contribution < 1.29 is 23.8 Å². The Labute approximate surface area is 229 Å². The van der Waals surface area contributed by atoms with Gasteiger partial charge in [-0.3, -0.25) is 4.79 Å². The minimum atomic E-state index is -0.384. The number of anilines is 1. The molecule has 8 nitrogen and oxygen atoms in total. The number of amides is 3. The molecule has 0 aliphatic rings. The van der Waals surface area contributed by atoms with Crippen molar-refractivity contribution in [3.8, 4) is 11.5 Å². The Morgan fingerprint density at radius 3 is 2.39 bits per heavy atom. The molecule has 0 aliphatic carbocycles. The maximum absolute atomic E-state index is 13.7. The van der Waals surface area contributed by atoms with Gasteiger partial charge in [-0.05, 0) is 50.1 Å². The molecule has 0 radical (unpaired) electrons. The number of urea groups is 1. The average Bonchev–Trinajstić information content (AvgIpc) is 3.34. The summed E-state index contributed by atoms with van der Waals surface area (Å²) in [6.07, 6.45) is 0.608. The minimum absolute atomic E-state index is 0.0619. The van der Waals surface area contributed by atoms with Gasteiger partial charge < -0.3 is 29.3 Å². The lowest BCUT2D eigenvalue weighted by Crippen LogP contribution is -2.44. The van der Waals surface area contributed by atoms with Crippen LogP contribution in [0, 0.1) is 6.92 Å². The van der Waals surface area contributed by atoms with E-state index in [1.54, 1.807) is 41.5 Å². The molecule has 0 spiro atoms. The third-order valence-corrected chi connectivity index (χ3v) is 6.88. The molecule has 38 heavy (non-hydrogen) atoms. The summed E-state index contributed by atoms with van der Waals surface area (Å²) in [6.45, 7) is 6.32. The summed E-state index contributed by atoms with van der Waals surface area (Å²) in [4.78, 5) is 32.7. The van der Waals surface area contributed by atoms with Gasteiger partial charge in [0.25, 0.3) is 0 Å². The van der Waals surface area contributed by atoms with Crippen LogP contribution < -0.4 is 14.8 Å². The number of hydrogen-bond acceptors (Lipinski definition) is 6. The van der Waals surface area contributed by atoms with E-state index in [-0.39, 0.29) is 18.5 Å². The van der Waals surface area contributed by atoms with Gasteiger partial charge in [0.05, 0.1) is 26.5 Å². The number of carbonyl (C=O) groups is 2. The van der Waals surface area contributed by atoms with Crippen LogP contribution in [-0.2, 0) is 22.6 Å². The molecule has 1 aromatic heterocycles. The van der Waals surface area contributed by atoms with Crippen molar-refractivity contribution >= 4 is 29.0 Å². The third-order valence-electron chi connectivity index (χ3n) is 5.90. The zero-order valence-corrected chi connectivity index (χ0v) is 23.4. The molecule has 0 saturated carbocycles. The van der Waals surface area contributed by atoms with E-state index in [1.165, 1.54) is 16.9 Å². The van der Waals surface area contributed by atoms with E-state index in [0.717, 1.165) is 10.4 Å². The highest BCUT2D eigenvalue weighted by Gasteiger charge is 2.23. The number of aryl methyl sites for hydroxylation is 1. The van der Waals surface area contributed by atoms with E-state index < -0.39 is 0 Å². The Balaban J connectivity index is 1.78. The van der Waals surface area contributed by atoms with Gasteiger partial charge in [-0.2, -0.15) is 0 Å². The molecule has 204 valence electrons. The van der Waals surface area contributed by atoms with Gasteiger partial charge in [0.1, 0.15) is 18.0 Å². The normalized spacial score (nSPS) is 10.6. The largest absolute Gasteiger partial charge is 0.497 e. The van der Waals surface area contributed by atoms with E-state index in [1.807, 2.05) is 43.3 Å². The molecule has 0 aliphatic heterocycles. The van der Waals surface area contributed by atoms with Crippen LogP contribution in [0.3, 0.4) is 0 Å². The number of rotatable bonds is 14. The predicted octanol–water partition coefficient (Wildman–Crippen LogP) is 5.56. The number of ether oxygens (including phenoxy) is 3. The van der Waals surface area contributed by atoms with Crippen LogP contribution in [0.4, 0.5) is 10.5 Å². The molecule has 3 amide bonds. The summed E-state index contributed by atoms with van der Waals surface area (Å²) in [7, 11) is 3.10. The first-order valence-corrected chi connectivity index (χ1v) is 13.5. The second-order valence-electron chi connectivity index (χ2n) is 8.72. The summed E-state index contributed by atoms with van der Waals surface area (Å²) in [6, 6.07) is 18.8. The highest BCUT2D eigenvalue weighted by molar-refractivity contribution is 7.11. The van der Waals surface area contributed by atoms with Crippen LogP contribution in [0.2, 0.25) is 0 Å². The molecule has 9 heteroatoms. The highest BCUT2D eigenvalue weighted by Crippen LogP contribution is 2.29. The van der Waals surface area contributed by atoms with Gasteiger partial charge in [-0.15, -0.1) is 11.3 Å². The Hall–Kier alpha value is -3.56. The highest BCUT2D eigenvalue weighted by atomic mass is 32.1. The van der Waals surface area contributed by atoms with Crippen molar-refractivity contribution in [2.24, 2.45) is 0 Å². The number of nitrogens with zero attached hydrogens (tertiary/aromatic N) is 2. The summed E-state index contributed by atoms with van der Waals surface area (Å²) in [5.41, 5.74) is 1.53. The van der Waals surface area contributed by atoms with Crippen molar-refractivity contribution in [2.75, 3.05) is 45.8 Å². The monoisotopic (exact) mass is 539 g/mol. The Morgan fingerprint density at radius 2 is 1.74 bits per heavy atom. The van der Waals surface area contributed by atoms with Crippen LogP contribution in [0.25, 0.3) is 0 Å². The van der Waals surface area contributed by atoms with Crippen molar-refractivity contribution in [3.63, 3.8) is 0 Å². The Morgan fingerprint density at radius 1 is 0.947 bits per heavy atom. The van der Waals surface area contributed by atoms with Gasteiger partial charge in [0.2, 0.25) is 5.91 Å². The minimum Gasteiger partial charge on any atom is -0.497 e. The molecule has 0 atom stereocenters. The number of nitrogens with one attached hydrogen (secondary N) is 1. The molecule has 1 N–H and O–H groups in total. The van der Waals surface area contributed by atoms with E-state index in [9.17, 15) is 9.59 Å². The molecule has 3 aromatic rings. The molecule has 0 saturated heterocycles. The number of benzene rings is 2. The topological polar surface area (TPSA) is 80.3 Å². The third kappa shape index (κ3) is 8.78. The molecular weight excluding hydrogens is 502 g/mol. The Bertz CT molecular complexity index is 1170. The van der Waals surface area contributed by atoms with Gasteiger partial charge >= 0.3 is 6.03 Å². The first kappa shape index (κ1) is 29.0. The predicted molar refractivity (Wildman–Crippen MR) is 151 cm³/mol. The van der Waals surface area contributed by atoms with Gasteiger partial charge in [-0.1, -0.05) is 30.3 Å². The zero-order valence-electron chi connectivity index (χ0n) is 22.6. The maximum atomic E-state index is 13.7. The van der Waals surface area contributed by atoms with E-state index in [4.69, 9.17) is 14.2 Å². The number of carbonyl (C=O) groups excluding carboxylic acids is 2. The molecule has 2 aromatic carbocycles. The maximum Gasteiger partial charge on any atom is 0.322 e. The van der Waals surface area contributed by atoms with Crippen LogP contribution in [0.15, 0.2) is 60.7 Å². The fourth-order valence-electron chi connectivity index (χ4n) is 3.91. The summed E-state index contributed by atoms with van der Waals surface area (Å²) >= 11 is 1.67. The summed E-state index contributed by atoms with van der Waals surface area (Å²) in [5.74, 6) is 0.953. The lowest BCUT2D eigenvalue weighted by atomic mass is 10.2. The molecular formula is C29H37N3O5S. The van der Waals surface area contributed by atoms with Crippen molar-refractivity contribution in [3.05, 3.63) is 76.0 Å². The van der Waals surface area contributed by atoms with Gasteiger partial charge in [0.15, 0.2) is 0 Å². The van der Waals surface area contributed by atoms with Crippen LogP contribution >= 0.6 is 11.3 Å². The van der Waals surface area contributed by atoms with Gasteiger partial charge in [0, 0.05) is 42.1 Å². The average molecular weight is 540 g/mol. The second kappa shape index (κ2) is 15.0. The van der Waals surface area contributed by atoms with Crippen LogP contribution in [0.1, 0.15) is 28.7 Å². The standard InChI is InChI=1S/C29H37N3O5S/c1-5-37-17-9-16-31(29(34)30-26-15-13-24(35-3)18-27(26)36-4)21-28(33)32(19-23-10-7-6-8-11-23)20-25-14-12-22(2)38-25/h6-8,10-15,18H,5,9,16-17,19-21H2,1-4H3,(H,30,34). The lowest BCUT2D eigenvalue weighted by molar-refractivity contribution is -0.133. The number of thiophene rings is 1. The summed E-state index contributed by atoms with van der Waals surface area (Å²) < 4.78 is 16.2. The first-order valence-electron chi connectivity index (χ1n) is 12.7. The first-order chi connectivity index (χ1) is 18.4. The lowest BCUT2D eigenvalue weighted by Gasteiger charge is -2.28. The molecule has 0 fully saturated rings. The van der Waals surface area contributed by atoms with Crippen LogP contribution in [-0.4, -0.2) is 62.3 Å². The fraction of sp³-hybridized carbons (Fsp3) is 0.379. The summed E-state index contributed by atoms with van der Waals surface area (Å²) in [5, 5.41) is 2.90. The smallest absolute Gasteiger partial charge is 0.322 e.